The van der Waals surface area contributed by atoms with E-state index >= 15 is 0 Å². The van der Waals surface area contributed by atoms with Crippen molar-refractivity contribution in [1.29, 1.82) is 0 Å². The Bertz CT molecular complexity index is 4350. The second kappa shape index (κ2) is 54.7. The van der Waals surface area contributed by atoms with Crippen molar-refractivity contribution in [3.63, 3.8) is 0 Å². The molecular weight excluding hydrogens is 1640 g/mol. The van der Waals surface area contributed by atoms with Gasteiger partial charge < -0.3 is 87.4 Å². The number of nitrogens with two attached hydrogens (primary N) is 1. The lowest BCUT2D eigenvalue weighted by atomic mass is 10.1. The Morgan fingerprint density at radius 2 is 0.538 bits per heavy atom. The lowest BCUT2D eigenvalue weighted by Crippen LogP contribution is -2.39. The van der Waals surface area contributed by atoms with Crippen LogP contribution in [-0.2, 0) is 101 Å². The first-order valence-electron chi connectivity index (χ1n) is 37.3. The molecule has 2 amide bonds. The van der Waals surface area contributed by atoms with Crippen molar-refractivity contribution >= 4 is 72.2 Å². The van der Waals surface area contributed by atoms with E-state index in [2.05, 4.69) is 24.8 Å². The van der Waals surface area contributed by atoms with E-state index in [0.29, 0.717) is 39.6 Å². The van der Waals surface area contributed by atoms with Crippen LogP contribution >= 0.6 is 0 Å². The Hall–Kier alpha value is -9.47. The predicted molar refractivity (Wildman–Crippen MR) is 423 cm³/mol. The molecule has 7 N–H and O–H groups in total. The molecular formula is C79H100F6N6O25S3. The van der Waals surface area contributed by atoms with Gasteiger partial charge in [0.15, 0.2) is 52.2 Å². The first kappa shape index (κ1) is 100. The highest BCUT2D eigenvalue weighted by atomic mass is 32.2. The molecule has 0 saturated carbocycles. The molecule has 656 valence electrons. The average molecular weight is 1740 g/mol. The number of hydrogen-bond acceptors (Lipinski definition) is 26. The number of carbonyl (C=O) groups excluding carboxylic acids is 4. The lowest BCUT2D eigenvalue weighted by molar-refractivity contribution is -0.139. The van der Waals surface area contributed by atoms with Crippen molar-refractivity contribution in [2.45, 2.75) is 56.2 Å². The summed E-state index contributed by atoms with van der Waals surface area (Å²) >= 11 is 0. The molecule has 0 bridgehead atoms. The zero-order valence-electron chi connectivity index (χ0n) is 66.5. The number of sulfonamides is 3. The fraction of sp³-hybridized carbons (Fsp3) is 0.418. The molecule has 6 aromatic rings. The van der Waals surface area contributed by atoms with E-state index in [0.717, 1.165) is 36.4 Å². The number of hydrogen-bond donors (Lipinski definition) is 6. The minimum atomic E-state index is -3.94. The van der Waals surface area contributed by atoms with E-state index in [1.807, 2.05) is 0 Å². The molecule has 0 saturated heterocycles. The maximum absolute atomic E-state index is 14.7. The molecule has 0 aliphatic carbocycles. The zero-order chi connectivity index (χ0) is 87.0. The minimum absolute atomic E-state index is 0.0178. The van der Waals surface area contributed by atoms with Gasteiger partial charge >= 0.3 is 23.9 Å². The largest absolute Gasteiger partial charge is 0.463 e. The smallest absolute Gasteiger partial charge is 0.333 e. The predicted octanol–water partition coefficient (Wildman–Crippen LogP) is 9.43. The number of carbonyl (C=O) groups is 4. The number of rotatable bonds is 56. The van der Waals surface area contributed by atoms with Crippen LogP contribution in [0.2, 0.25) is 0 Å². The molecule has 0 aliphatic rings. The Labute approximate surface area is 687 Å². The van der Waals surface area contributed by atoms with Gasteiger partial charge in [0, 0.05) is 56.0 Å². The maximum atomic E-state index is 14.7. The van der Waals surface area contributed by atoms with Crippen molar-refractivity contribution in [3.8, 4) is 34.5 Å². The van der Waals surface area contributed by atoms with Gasteiger partial charge in [-0.05, 0) is 186 Å². The molecule has 0 fully saturated rings. The molecule has 0 aromatic heterocycles. The molecule has 31 nitrogen and oxygen atoms in total. The summed E-state index contributed by atoms with van der Waals surface area (Å²) in [5, 5.41) is 5.29. The van der Waals surface area contributed by atoms with Gasteiger partial charge in [0.05, 0.1) is 153 Å². The van der Waals surface area contributed by atoms with Crippen molar-refractivity contribution in [2.24, 2.45) is 5.73 Å². The Morgan fingerprint density at radius 1 is 0.328 bits per heavy atom. The average Bonchev–Trinajstić information content (AvgIpc) is 0.824. The molecule has 0 atom stereocenters. The summed E-state index contributed by atoms with van der Waals surface area (Å²) in [6, 6.07) is 20.5. The number of esters is 3. The fourth-order valence-electron chi connectivity index (χ4n) is 9.60. The SMILES string of the molecule is CCOC(=O)/C(C)=C/c1cc(F)c(Oc2ccc(S(=O)(=O)NCCOCCOCCOCCN)cc2)c(F)c1.CCOC(=O)/C(C)=C/c1cc(F)c(Oc2ccc(S(=O)(=O)NCCOCCOCCOCCNC(=O)NCCOCCOCCOCCNS(=O)(=O)c3ccc(Oc4c(F)cc(/C=C(\C)C(=O)OCC)cc4F)cc3)cc2)c(F)c1. The molecule has 119 heavy (non-hydrogen) atoms. The van der Waals surface area contributed by atoms with E-state index in [1.165, 1.54) is 112 Å². The third-order valence-corrected chi connectivity index (χ3v) is 19.7. The van der Waals surface area contributed by atoms with E-state index in [9.17, 15) is 70.8 Å². The van der Waals surface area contributed by atoms with Crippen LogP contribution < -0.4 is 44.7 Å². The van der Waals surface area contributed by atoms with Crippen molar-refractivity contribution in [1.82, 2.24) is 24.8 Å². The molecule has 0 aliphatic heterocycles. The number of halogens is 6. The van der Waals surface area contributed by atoms with Crippen LogP contribution in [0.4, 0.5) is 31.1 Å². The molecule has 6 aromatic carbocycles. The van der Waals surface area contributed by atoms with Crippen LogP contribution in [0.5, 0.6) is 34.5 Å². The fourth-order valence-corrected chi connectivity index (χ4v) is 12.6. The van der Waals surface area contributed by atoms with Crippen molar-refractivity contribution < 1.29 is 142 Å². The van der Waals surface area contributed by atoms with E-state index in [1.54, 1.807) is 20.8 Å². The third kappa shape index (κ3) is 38.2. The van der Waals surface area contributed by atoms with Gasteiger partial charge in [0.25, 0.3) is 0 Å². The lowest BCUT2D eigenvalue weighted by Gasteiger charge is -2.11. The van der Waals surface area contributed by atoms with Gasteiger partial charge in [-0.3, -0.25) is 0 Å². The van der Waals surface area contributed by atoms with Gasteiger partial charge in [-0.25, -0.2) is 84.9 Å². The van der Waals surface area contributed by atoms with Gasteiger partial charge in [0.1, 0.15) is 17.2 Å². The normalized spacial score (nSPS) is 12.0. The summed E-state index contributed by atoms with van der Waals surface area (Å²) in [5.74, 6) is -10.0. The summed E-state index contributed by atoms with van der Waals surface area (Å²) < 4.78 is 250. The zero-order valence-corrected chi connectivity index (χ0v) is 68.9. The van der Waals surface area contributed by atoms with Crippen molar-refractivity contribution in [2.75, 3.05) is 178 Å². The number of amides is 2. The summed E-state index contributed by atoms with van der Waals surface area (Å²) in [4.78, 5) is 47.0. The summed E-state index contributed by atoms with van der Waals surface area (Å²) in [6.07, 6.45) is 3.84. The summed E-state index contributed by atoms with van der Waals surface area (Å²) in [7, 11) is -11.7. The Morgan fingerprint density at radius 3 is 0.756 bits per heavy atom. The van der Waals surface area contributed by atoms with Gasteiger partial charge in [-0.1, -0.05) is 0 Å². The standard InChI is InChI=1S/C53H66F4N4O17S2.C26H34F2N2O8S/c1-5-75-51(62)37(3)31-39-33-45(54)49(46(55)34-39)77-41-7-11-43(12-8-41)79(65,66)60-17-21-71-25-29-73-27-23-69-19-15-58-53(64)59-16-20-70-24-28-74-30-26-72-22-18-61-80(67,68)44-13-9-42(10-14-44)78-50-47(56)35-40(36-48(50)57)32-38(4)52(63)76-6-2;1-3-37-26(31)19(2)16-20-17-23(27)25(24(28)18-20)38-21-4-6-22(7-5-21)39(32,33)30-9-11-35-13-15-36-14-12-34-10-8-29/h7-14,31-36,60-61H,5-6,15-30H2,1-4H3,(H2,58,59,64);4-7,16-18,30H,3,8-15,29H2,1-2H3/b37-31+,38-32+;19-16+. The van der Waals surface area contributed by atoms with Crippen LogP contribution in [-0.4, -0.2) is 227 Å². The van der Waals surface area contributed by atoms with E-state index in [-0.39, 0.29) is 204 Å². The molecule has 0 radical (unpaired) electrons. The Kier molecular flexibility index (Phi) is 46.0. The molecule has 0 spiro atoms. The topological polar surface area (TPSA) is 395 Å². The Balaban J connectivity index is 0.000000539. The highest BCUT2D eigenvalue weighted by Crippen LogP contribution is 2.34. The first-order chi connectivity index (χ1) is 57.0. The number of benzene rings is 6. The quantitative estimate of drug-likeness (QED) is 0.00680. The van der Waals surface area contributed by atoms with E-state index in [4.69, 9.17) is 76.8 Å². The number of nitrogens with one attached hydrogen (secondary N) is 5. The molecule has 0 unspecified atom stereocenters. The highest BCUT2D eigenvalue weighted by molar-refractivity contribution is 7.90. The van der Waals surface area contributed by atoms with Crippen LogP contribution in [0.25, 0.3) is 18.2 Å². The molecule has 6 rings (SSSR count). The third-order valence-electron chi connectivity index (χ3n) is 15.2. The second-order valence-electron chi connectivity index (χ2n) is 24.5. The van der Waals surface area contributed by atoms with Gasteiger partial charge in [0.2, 0.25) is 30.1 Å². The second-order valence-corrected chi connectivity index (χ2v) is 29.8. The number of urea groups is 1. The highest BCUT2D eigenvalue weighted by Gasteiger charge is 2.22. The summed E-state index contributed by atoms with van der Waals surface area (Å²) in [5.41, 5.74) is 6.05. The van der Waals surface area contributed by atoms with Gasteiger partial charge in [-0.2, -0.15) is 0 Å². The molecule has 0 heterocycles. The molecule has 40 heteroatoms. The number of ether oxygens (including phenoxy) is 15. The van der Waals surface area contributed by atoms with E-state index < -0.39 is 106 Å². The minimum Gasteiger partial charge on any atom is -0.463 e. The first-order valence-corrected chi connectivity index (χ1v) is 41.7. The van der Waals surface area contributed by atoms with Crippen LogP contribution in [0.15, 0.2) is 141 Å². The van der Waals surface area contributed by atoms with Crippen LogP contribution in [0, 0.1) is 34.9 Å². The van der Waals surface area contributed by atoms with Crippen molar-refractivity contribution in [3.05, 3.63) is 178 Å². The summed E-state index contributed by atoms with van der Waals surface area (Å²) in [6.45, 7) is 15.2. The maximum Gasteiger partial charge on any atom is 0.333 e. The van der Waals surface area contributed by atoms with Crippen LogP contribution in [0.3, 0.4) is 0 Å². The monoisotopic (exact) mass is 1740 g/mol. The van der Waals surface area contributed by atoms with Gasteiger partial charge in [-0.15, -0.1) is 0 Å². The van der Waals surface area contributed by atoms with Crippen LogP contribution in [0.1, 0.15) is 58.2 Å².